The molecule has 0 bridgehead atoms. The van der Waals surface area contributed by atoms with E-state index in [9.17, 15) is 47.6 Å². The van der Waals surface area contributed by atoms with Gasteiger partial charge in [-0.3, -0.25) is 0 Å². The van der Waals surface area contributed by atoms with Gasteiger partial charge in [0.2, 0.25) is 17.4 Å². The zero-order chi connectivity index (χ0) is 25.6. The first-order chi connectivity index (χ1) is 15.6. The Labute approximate surface area is 187 Å². The molecule has 0 saturated carbocycles. The summed E-state index contributed by atoms with van der Waals surface area (Å²) in [7, 11) is -13.0. The second-order valence-electron chi connectivity index (χ2n) is 6.52. The van der Waals surface area contributed by atoms with Crippen LogP contribution in [0.15, 0.2) is 47.9 Å². The Kier molecular flexibility index (Phi) is 6.41. The van der Waals surface area contributed by atoms with Crippen molar-refractivity contribution in [1.82, 2.24) is 4.13 Å². The topological polar surface area (TPSA) is 89.5 Å². The van der Waals surface area contributed by atoms with Crippen LogP contribution >= 0.6 is 0 Å². The first kappa shape index (κ1) is 25.5. The molecule has 0 aliphatic rings. The Hall–Kier alpha value is -3.17. The van der Waals surface area contributed by atoms with Gasteiger partial charge in [0.05, 0.1) is 0 Å². The molecule has 0 heterocycles. The third kappa shape index (κ3) is 4.58. The molecule has 0 aromatic heterocycles. The first-order valence-corrected chi connectivity index (χ1v) is 11.6. The molecule has 3 aromatic rings. The molecule has 3 rings (SSSR count). The molecule has 0 saturated heterocycles. The normalized spacial score (nSPS) is 12.7. The van der Waals surface area contributed by atoms with Crippen LogP contribution in [0.4, 0.5) is 30.7 Å². The van der Waals surface area contributed by atoms with E-state index in [2.05, 4.69) is 6.58 Å². The molecule has 182 valence electrons. The van der Waals surface area contributed by atoms with Gasteiger partial charge in [0.1, 0.15) is 5.75 Å². The number of sulfonamides is 2. The Balaban J connectivity index is 2.08. The number of benzene rings is 3. The van der Waals surface area contributed by atoms with E-state index in [0.717, 1.165) is 11.6 Å². The van der Waals surface area contributed by atoms with Gasteiger partial charge in [-0.05, 0) is 34.5 Å². The average Bonchev–Trinajstić information content (AvgIpc) is 2.73. The second-order valence-corrected chi connectivity index (χ2v) is 10.1. The van der Waals surface area contributed by atoms with E-state index >= 15 is 0 Å². The maximum absolute atomic E-state index is 14.4. The minimum absolute atomic E-state index is 0.0182. The summed E-state index contributed by atoms with van der Waals surface area (Å²) in [5.74, 6) is -12.4. The van der Waals surface area contributed by atoms with Gasteiger partial charge in [0.15, 0.2) is 16.5 Å². The van der Waals surface area contributed by atoms with Crippen LogP contribution in [0.1, 0.15) is 5.56 Å². The van der Waals surface area contributed by atoms with Gasteiger partial charge < -0.3 is 4.74 Å². The van der Waals surface area contributed by atoms with E-state index in [1.54, 1.807) is 24.3 Å². The Morgan fingerprint density at radius 1 is 0.824 bits per heavy atom. The van der Waals surface area contributed by atoms with E-state index in [1.165, 1.54) is 12.1 Å². The molecule has 34 heavy (non-hydrogen) atoms. The van der Waals surface area contributed by atoms with Gasteiger partial charge >= 0.3 is 15.5 Å². The van der Waals surface area contributed by atoms with Gasteiger partial charge in [0, 0.05) is 0 Å². The quantitative estimate of drug-likeness (QED) is 0.360. The van der Waals surface area contributed by atoms with Gasteiger partial charge in [-0.15, -0.1) is 0 Å². The summed E-state index contributed by atoms with van der Waals surface area (Å²) in [6.07, 6.45) is 1.55. The maximum atomic E-state index is 14.4. The van der Waals surface area contributed by atoms with Crippen molar-refractivity contribution in [1.29, 1.82) is 0 Å². The van der Waals surface area contributed by atoms with Crippen LogP contribution in [-0.4, -0.2) is 22.3 Å². The number of hydrogen-bond acceptors (Lipinski definition) is 5. The predicted molar refractivity (Wildman–Crippen MR) is 106 cm³/mol. The molecule has 1 N–H and O–H groups in total. The van der Waals surface area contributed by atoms with Crippen molar-refractivity contribution in [2.45, 2.75) is 10.4 Å². The molecule has 0 spiro atoms. The van der Waals surface area contributed by atoms with Crippen molar-refractivity contribution in [3.63, 3.8) is 0 Å². The Morgan fingerprint density at radius 2 is 1.35 bits per heavy atom. The van der Waals surface area contributed by atoms with Crippen LogP contribution in [0.25, 0.3) is 16.8 Å². The molecular formula is C19H10F7NO5S2. The molecule has 0 aliphatic carbocycles. The standard InChI is InChI=1S/C19H10F7NO5S2/c1-2-9-3-4-11-8-12(6-5-10(11)7-9)32-17-13(20)15(22)18(16(23)14(17)21)33(28,29)27-34(30,31)19(24,25)26/h2-8,27H,1H2. The minimum atomic E-state index is -6.70. The lowest BCUT2D eigenvalue weighted by Crippen LogP contribution is -2.40. The fourth-order valence-corrected chi connectivity index (χ4v) is 5.22. The highest BCUT2D eigenvalue weighted by Gasteiger charge is 2.49. The molecule has 0 unspecified atom stereocenters. The van der Waals surface area contributed by atoms with Crippen molar-refractivity contribution in [2.24, 2.45) is 0 Å². The van der Waals surface area contributed by atoms with Crippen LogP contribution < -0.4 is 8.86 Å². The van der Waals surface area contributed by atoms with Crippen molar-refractivity contribution < 1.29 is 52.3 Å². The fraction of sp³-hybridized carbons (Fsp3) is 0.0526. The highest BCUT2D eigenvalue weighted by atomic mass is 32.3. The lowest BCUT2D eigenvalue weighted by Gasteiger charge is -2.14. The lowest BCUT2D eigenvalue weighted by molar-refractivity contribution is -0.0441. The molecule has 0 radical (unpaired) electrons. The number of alkyl halides is 3. The summed E-state index contributed by atoms with van der Waals surface area (Å²) < 4.78 is 145. The highest BCUT2D eigenvalue weighted by Crippen LogP contribution is 2.36. The number of rotatable bonds is 6. The molecule has 3 aromatic carbocycles. The molecule has 6 nitrogen and oxygen atoms in total. The van der Waals surface area contributed by atoms with Crippen LogP contribution in [0.3, 0.4) is 0 Å². The van der Waals surface area contributed by atoms with E-state index in [0.29, 0.717) is 10.8 Å². The summed E-state index contributed by atoms with van der Waals surface area (Å²) >= 11 is 0. The number of fused-ring (bicyclic) bond motifs is 1. The second kappa shape index (κ2) is 8.56. The monoisotopic (exact) mass is 529 g/mol. The maximum Gasteiger partial charge on any atom is 0.512 e. The van der Waals surface area contributed by atoms with Crippen LogP contribution in [0.2, 0.25) is 0 Å². The summed E-state index contributed by atoms with van der Waals surface area (Å²) in [6, 6.07) is 8.68. The van der Waals surface area contributed by atoms with E-state index in [1.807, 2.05) is 0 Å². The largest absolute Gasteiger partial charge is 0.512 e. The van der Waals surface area contributed by atoms with Crippen molar-refractivity contribution >= 4 is 36.9 Å². The first-order valence-electron chi connectivity index (χ1n) is 8.64. The predicted octanol–water partition coefficient (Wildman–Crippen LogP) is 4.96. The number of hydrogen-bond donors (Lipinski definition) is 1. The SMILES string of the molecule is C=Cc1ccc2cc(Oc3c(F)c(F)c(S(=O)(=O)NS(=O)(=O)C(F)(F)F)c(F)c3F)ccc2c1. The molecule has 15 heteroatoms. The number of ether oxygens (including phenoxy) is 1. The zero-order valence-electron chi connectivity index (χ0n) is 16.3. The summed E-state index contributed by atoms with van der Waals surface area (Å²) in [6.45, 7) is 3.59. The smallest absolute Gasteiger partial charge is 0.451 e. The van der Waals surface area contributed by atoms with Crippen LogP contribution in [-0.2, 0) is 20.0 Å². The van der Waals surface area contributed by atoms with E-state index in [4.69, 9.17) is 4.74 Å². The summed E-state index contributed by atoms with van der Waals surface area (Å²) in [5, 5.41) is 1.09. The number of nitrogens with one attached hydrogen (secondary N) is 1. The van der Waals surface area contributed by atoms with Gasteiger partial charge in [-0.1, -0.05) is 35.0 Å². The minimum Gasteiger partial charge on any atom is -0.451 e. The molecule has 0 atom stereocenters. The average molecular weight is 529 g/mol. The van der Waals surface area contributed by atoms with Crippen molar-refractivity contribution in [2.75, 3.05) is 0 Å². The highest BCUT2D eigenvalue weighted by molar-refractivity contribution is 8.05. The van der Waals surface area contributed by atoms with Crippen LogP contribution in [0, 0.1) is 23.3 Å². The molecule has 0 fully saturated rings. The molecule has 0 amide bonds. The van der Waals surface area contributed by atoms with Gasteiger partial charge in [-0.2, -0.15) is 22.0 Å². The fourth-order valence-electron chi connectivity index (χ4n) is 2.70. The molecular weight excluding hydrogens is 519 g/mol. The van der Waals surface area contributed by atoms with E-state index in [-0.39, 0.29) is 9.88 Å². The van der Waals surface area contributed by atoms with Crippen LogP contribution in [0.5, 0.6) is 11.5 Å². The summed E-state index contributed by atoms with van der Waals surface area (Å²) in [5.41, 5.74) is -5.48. The Bertz CT molecular complexity index is 1510. The number of halogens is 7. The molecule has 0 aliphatic heterocycles. The van der Waals surface area contributed by atoms with Crippen molar-refractivity contribution in [3.05, 3.63) is 71.8 Å². The van der Waals surface area contributed by atoms with Gasteiger partial charge in [0.25, 0.3) is 10.0 Å². The third-order valence-electron chi connectivity index (χ3n) is 4.27. The zero-order valence-corrected chi connectivity index (χ0v) is 17.9. The summed E-state index contributed by atoms with van der Waals surface area (Å²) in [4.78, 5) is -2.63. The third-order valence-corrected chi connectivity index (χ3v) is 7.53. The van der Waals surface area contributed by atoms with E-state index < -0.39 is 59.5 Å². The van der Waals surface area contributed by atoms with Gasteiger partial charge in [-0.25, -0.2) is 25.6 Å². The van der Waals surface area contributed by atoms with Crippen molar-refractivity contribution in [3.8, 4) is 11.5 Å². The lowest BCUT2D eigenvalue weighted by atomic mass is 10.1. The Morgan fingerprint density at radius 3 is 1.88 bits per heavy atom.